The van der Waals surface area contributed by atoms with Crippen LogP contribution in [0.5, 0.6) is 5.75 Å². The Morgan fingerprint density at radius 1 is 0.476 bits per heavy atom. The van der Waals surface area contributed by atoms with Crippen LogP contribution >= 0.6 is 0 Å². The molecule has 1 aliphatic rings. The van der Waals surface area contributed by atoms with Crippen molar-refractivity contribution in [3.05, 3.63) is 77.9 Å². The van der Waals surface area contributed by atoms with E-state index in [0.717, 1.165) is 6.92 Å². The first-order valence-corrected chi connectivity index (χ1v) is 49.4. The average molecular weight is 2010 g/mol. The van der Waals surface area contributed by atoms with Crippen LogP contribution in [0.2, 0.25) is 0 Å². The summed E-state index contributed by atoms with van der Waals surface area (Å²) in [6.45, 7) is 15.6. The van der Waals surface area contributed by atoms with E-state index in [2.05, 4.69) is 95.7 Å². The smallest absolute Gasteiger partial charge is 0.303 e. The second-order valence-electron chi connectivity index (χ2n) is 37.4. The highest BCUT2D eigenvalue weighted by atomic mass is 16.4. The maximum atomic E-state index is 15.3. The number of aliphatic hydroxyl groups is 1. The van der Waals surface area contributed by atoms with Crippen molar-refractivity contribution in [1.82, 2.24) is 95.7 Å². The molecule has 0 bridgehead atoms. The van der Waals surface area contributed by atoms with Gasteiger partial charge in [0.15, 0.2) is 11.9 Å². The van der Waals surface area contributed by atoms with Crippen LogP contribution in [0.3, 0.4) is 0 Å². The first kappa shape index (κ1) is 124. The fourth-order valence-corrected chi connectivity index (χ4v) is 15.5. The number of hydrogen-bond donors (Lipinski definition) is 29. The quantitative estimate of drug-likeness (QED) is 0.0138. The Morgan fingerprint density at radius 2 is 0.923 bits per heavy atom. The third-order valence-electron chi connectivity index (χ3n) is 23.9. The molecule has 0 aliphatic carbocycles. The predicted molar refractivity (Wildman–Crippen MR) is 535 cm³/mol. The zero-order chi connectivity index (χ0) is 107. The lowest BCUT2D eigenvalue weighted by Crippen LogP contribution is -2.66. The van der Waals surface area contributed by atoms with E-state index in [1.807, 2.05) is 6.92 Å². The van der Waals surface area contributed by atoms with E-state index in [-0.39, 0.29) is 185 Å². The summed E-state index contributed by atoms with van der Waals surface area (Å²) >= 11 is 0. The number of carbonyl (C=O) groups is 18. The average Bonchev–Trinajstić information content (AvgIpc) is 1.07. The summed E-state index contributed by atoms with van der Waals surface area (Å²) in [4.78, 5) is 257. The van der Waals surface area contributed by atoms with Gasteiger partial charge in [-0.3, -0.25) is 97.1 Å². The number of hydrogen-bond acceptors (Lipinski definition) is 25. The summed E-state index contributed by atoms with van der Waals surface area (Å²) in [5, 5.41) is 95.0. The molecular formula is C96H160N26O21. The van der Waals surface area contributed by atoms with Crippen LogP contribution in [0.1, 0.15) is 247 Å². The molecule has 1 aliphatic heterocycles. The van der Waals surface area contributed by atoms with Gasteiger partial charge in [0.2, 0.25) is 100 Å². The first-order valence-electron chi connectivity index (χ1n) is 49.4. The number of carboxylic acids is 1. The van der Waals surface area contributed by atoms with E-state index >= 15 is 24.0 Å². The van der Waals surface area contributed by atoms with Crippen LogP contribution in [0.15, 0.2) is 66.7 Å². The van der Waals surface area contributed by atoms with Gasteiger partial charge in [-0.15, -0.1) is 0 Å². The number of aliphatic carboxylic acids is 1. The summed E-state index contributed by atoms with van der Waals surface area (Å²) in [7, 11) is 0. The molecule has 0 spiro atoms. The molecule has 0 unspecified atom stereocenters. The molecule has 0 fully saturated rings. The number of unbranched alkanes of at least 4 members (excludes halogenated alkanes) is 4. The molecule has 1 heterocycles. The Bertz CT molecular complexity index is 4530. The van der Waals surface area contributed by atoms with Gasteiger partial charge in [0.1, 0.15) is 95.4 Å². The molecule has 0 saturated heterocycles. The fourth-order valence-electron chi connectivity index (χ4n) is 15.5. The molecule has 0 aromatic heterocycles. The molecule has 3 rings (SSSR count). The number of nitrogens with one attached hydrogen (secondary N) is 20. The summed E-state index contributed by atoms with van der Waals surface area (Å²) in [6.07, 6.45) is 2.62. The van der Waals surface area contributed by atoms with Crippen molar-refractivity contribution >= 4 is 118 Å². The van der Waals surface area contributed by atoms with E-state index in [0.29, 0.717) is 49.7 Å². The van der Waals surface area contributed by atoms with Gasteiger partial charge in [-0.2, -0.15) is 0 Å². The standard InChI is InChI=1S/C96H160N26O21/c1-11-12-32-64(81(132)116-71(78(100)129)53-56(2)3)111-84(135)70(42-43-75(127)128)115-80(131)67(36-28-50-106-93(101)102)114-88(139)73(55-62-38-40-63(125)41-39-62)117-82(133)65(33-20-25-47-97)110-79(130)58(6)108-91(142)95(9)45-23-15-13-14-16-24-46-96(10,92(143)118-69(35-22-27-49-99)83(134)112-68(37-29-51-107-94(103)104)86(137)120-77(59(7)123)90(141)122-95)121-89(140)76(57(4)5)119-85(136)66(34-21-26-48-98)113-87(138)72(54-61-30-18-17-19-31-61)109-74(126)44-52-105-60(8)124/h13-14,17-19,30-31,38-41,56-59,64-73,76-77,123,125H,11-12,15-16,20-29,32-37,42-55,97-99H2,1-10H3,(H2,100,129)(H,105,124)(H,108,142)(H,109,126)(H,110,130)(H,111,135)(H,112,134)(H,113,138)(H,114,139)(H,115,131)(H,116,132)(H,117,133)(H,118,143)(H,119,136)(H,120,137)(H,121,140)(H,122,141)(H,127,128)(H4,101,102,106)(H4,103,104,107)/b14-13-/t58-,59+,64-,65-,66-,67-,68-,69-,70-,71-,72-,73-,76-,77-,95-,96-/m0/s1. The minimum Gasteiger partial charge on any atom is -0.508 e. The van der Waals surface area contributed by atoms with Crippen LogP contribution in [0.4, 0.5) is 0 Å². The van der Waals surface area contributed by atoms with E-state index < -0.39 is 227 Å². The molecule has 0 radical (unpaired) electrons. The highest BCUT2D eigenvalue weighted by Crippen LogP contribution is 2.23. The van der Waals surface area contributed by atoms with Gasteiger partial charge < -0.3 is 145 Å². The number of carbonyl (C=O) groups excluding carboxylic acids is 17. The van der Waals surface area contributed by atoms with Crippen LogP contribution in [-0.2, 0) is 99.1 Å². The largest absolute Gasteiger partial charge is 0.508 e. The van der Waals surface area contributed by atoms with Crippen molar-refractivity contribution in [3.63, 3.8) is 0 Å². The molecular weight excluding hydrogens is 1850 g/mol. The van der Waals surface area contributed by atoms with Gasteiger partial charge in [-0.05, 0) is 224 Å². The zero-order valence-electron chi connectivity index (χ0n) is 84.3. The Morgan fingerprint density at radius 3 is 1.42 bits per heavy atom. The van der Waals surface area contributed by atoms with Crippen molar-refractivity contribution in [2.24, 2.45) is 46.2 Å². The summed E-state index contributed by atoms with van der Waals surface area (Å²) in [5.41, 5.74) is 31.6. The van der Waals surface area contributed by atoms with Gasteiger partial charge in [-0.1, -0.05) is 102 Å². The number of aliphatic hydroxyl groups excluding tert-OH is 1. The SMILES string of the molecule is CCCC[C@H](NC(=O)[C@H](CCC(=O)O)NC(=O)[C@H](CCCNC(=N)N)NC(=O)[C@H](Cc1ccc(O)cc1)NC(=O)[C@H](CCCCN)NC(=O)[C@H](C)NC(=O)[C@]1(C)CCC/C=C\CCC[C@](C)(NC(=O)[C@@H](NC(=O)[C@H](CCCCN)NC(=O)[C@H](Cc2ccccc2)NC(=O)CCNC(C)=O)C(C)C)C(=O)N[C@@H](CCCCN)C(=O)N[C@@H](CCCNC(=N)N)C(=O)N[C@@H]([C@@H](C)O)C(=O)N1)C(=O)N[C@@H](CC(C)C)C(N)=O. The zero-order valence-corrected chi connectivity index (χ0v) is 84.3. The third kappa shape index (κ3) is 48.0. The van der Waals surface area contributed by atoms with Crippen LogP contribution < -0.4 is 130 Å². The fraction of sp³-hybridized carbons (Fsp3) is 0.646. The van der Waals surface area contributed by atoms with Crippen molar-refractivity contribution in [3.8, 4) is 5.75 Å². The second kappa shape index (κ2) is 65.8. The molecule has 47 nitrogen and oxygen atoms in total. The van der Waals surface area contributed by atoms with Gasteiger partial charge in [0, 0.05) is 52.2 Å². The molecule has 47 heteroatoms. The molecule has 16 atom stereocenters. The lowest BCUT2D eigenvalue weighted by molar-refractivity contribution is -0.140. The number of benzene rings is 2. The number of primary amides is 1. The van der Waals surface area contributed by atoms with E-state index in [9.17, 15) is 77.6 Å². The molecule has 2 aromatic carbocycles. The van der Waals surface area contributed by atoms with Gasteiger partial charge in [0.25, 0.3) is 0 Å². The van der Waals surface area contributed by atoms with Crippen LogP contribution in [0.25, 0.3) is 0 Å². The van der Waals surface area contributed by atoms with Gasteiger partial charge in [-0.25, -0.2) is 0 Å². The van der Waals surface area contributed by atoms with E-state index in [4.69, 9.17) is 45.2 Å². The maximum absolute atomic E-state index is 15.3. The number of phenolic OH excluding ortho intramolecular Hbond substituents is 1. The van der Waals surface area contributed by atoms with Crippen molar-refractivity contribution in [1.29, 1.82) is 10.8 Å². The van der Waals surface area contributed by atoms with Crippen molar-refractivity contribution in [2.45, 2.75) is 345 Å². The number of carboxylic acid groups (broad SMARTS) is 1. The first-order chi connectivity index (χ1) is 67.6. The molecule has 0 saturated carbocycles. The molecule has 143 heavy (non-hydrogen) atoms. The number of rotatable bonds is 59. The number of allylic oxidation sites excluding steroid dienone is 2. The van der Waals surface area contributed by atoms with Gasteiger partial charge >= 0.3 is 5.97 Å². The number of amides is 17. The lowest BCUT2D eigenvalue weighted by atomic mass is 9.90. The van der Waals surface area contributed by atoms with E-state index in [1.165, 1.54) is 52.0 Å². The number of nitrogens with two attached hydrogens (primary N) is 6. The highest BCUT2D eigenvalue weighted by molar-refractivity contribution is 6.02. The lowest BCUT2D eigenvalue weighted by Gasteiger charge is -2.34. The van der Waals surface area contributed by atoms with E-state index in [1.54, 1.807) is 70.2 Å². The van der Waals surface area contributed by atoms with Gasteiger partial charge in [0.05, 0.1) is 6.10 Å². The maximum Gasteiger partial charge on any atom is 0.303 e. The molecule has 35 N–H and O–H groups in total. The number of aromatic hydroxyl groups is 1. The molecule has 2 aromatic rings. The predicted octanol–water partition coefficient (Wildman–Crippen LogP) is -2.78. The Balaban J connectivity index is 2.17. The van der Waals surface area contributed by atoms with Crippen molar-refractivity contribution < 1.29 is 102 Å². The molecule has 800 valence electrons. The van der Waals surface area contributed by atoms with Crippen LogP contribution in [0, 0.1) is 22.7 Å². The second-order valence-corrected chi connectivity index (χ2v) is 37.4. The molecule has 17 amide bonds. The number of guanidine groups is 2. The Labute approximate surface area is 836 Å². The highest BCUT2D eigenvalue weighted by Gasteiger charge is 2.44. The summed E-state index contributed by atoms with van der Waals surface area (Å²) < 4.78 is 0. The monoisotopic (exact) mass is 2010 g/mol. The summed E-state index contributed by atoms with van der Waals surface area (Å²) in [6, 6.07) is -5.14. The Hall–Kier alpha value is -13.2. The van der Waals surface area contributed by atoms with Crippen LogP contribution in [-0.4, -0.2) is 269 Å². The number of phenols is 1. The van der Waals surface area contributed by atoms with Crippen molar-refractivity contribution in [2.75, 3.05) is 39.3 Å². The minimum atomic E-state index is -2.04. The topological polar surface area (TPSA) is 788 Å². The normalized spacial score (nSPS) is 19.1. The third-order valence-corrected chi connectivity index (χ3v) is 23.9. The minimum absolute atomic E-state index is 0.000308. The Kier molecular flexibility index (Phi) is 57.1. The summed E-state index contributed by atoms with van der Waals surface area (Å²) in [5.74, 6) is -18.2.